The molecule has 0 aliphatic carbocycles. The van der Waals surface area contributed by atoms with Gasteiger partial charge >= 0.3 is 0 Å². The highest BCUT2D eigenvalue weighted by Gasteiger charge is 2.19. The van der Waals surface area contributed by atoms with Gasteiger partial charge in [-0.2, -0.15) is 0 Å². The SMILES string of the molecule is CC(NS(=O)(=O)CCS(C)(=O)=O)c1ccccc1N. The molecule has 8 heteroatoms. The molecule has 0 amide bonds. The zero-order chi connectivity index (χ0) is 14.7. The molecular weight excluding hydrogens is 288 g/mol. The summed E-state index contributed by atoms with van der Waals surface area (Å²) < 4.78 is 47.9. The van der Waals surface area contributed by atoms with Gasteiger partial charge in [0.25, 0.3) is 0 Å². The molecule has 1 atom stereocenters. The average molecular weight is 306 g/mol. The number of sulfonamides is 1. The topological polar surface area (TPSA) is 106 Å². The molecule has 0 aromatic heterocycles. The van der Waals surface area contributed by atoms with Gasteiger partial charge in [-0.3, -0.25) is 0 Å². The number of benzene rings is 1. The van der Waals surface area contributed by atoms with Crippen molar-refractivity contribution in [3.8, 4) is 0 Å². The number of anilines is 1. The number of para-hydroxylation sites is 1. The number of hydrogen-bond donors (Lipinski definition) is 2. The highest BCUT2D eigenvalue weighted by Crippen LogP contribution is 2.20. The lowest BCUT2D eigenvalue weighted by Gasteiger charge is -2.16. The number of nitrogens with one attached hydrogen (secondary N) is 1. The van der Waals surface area contributed by atoms with Crippen molar-refractivity contribution in [2.24, 2.45) is 0 Å². The summed E-state index contributed by atoms with van der Waals surface area (Å²) in [6, 6.07) is 6.40. The first-order chi connectivity index (χ1) is 8.61. The molecule has 0 saturated carbocycles. The normalized spacial score (nSPS) is 14.2. The minimum atomic E-state index is -3.66. The van der Waals surface area contributed by atoms with Gasteiger partial charge < -0.3 is 5.73 Å². The van der Waals surface area contributed by atoms with E-state index in [9.17, 15) is 16.8 Å². The highest BCUT2D eigenvalue weighted by atomic mass is 32.2. The maximum Gasteiger partial charge on any atom is 0.213 e. The molecule has 0 saturated heterocycles. The van der Waals surface area contributed by atoms with Crippen molar-refractivity contribution in [2.75, 3.05) is 23.5 Å². The quantitative estimate of drug-likeness (QED) is 0.735. The minimum absolute atomic E-state index is 0.403. The van der Waals surface area contributed by atoms with E-state index in [0.717, 1.165) is 6.26 Å². The van der Waals surface area contributed by atoms with Crippen molar-refractivity contribution >= 4 is 25.5 Å². The second-order valence-electron chi connectivity index (χ2n) is 4.42. The van der Waals surface area contributed by atoms with Crippen molar-refractivity contribution in [3.05, 3.63) is 29.8 Å². The molecule has 19 heavy (non-hydrogen) atoms. The van der Waals surface area contributed by atoms with E-state index in [1.54, 1.807) is 31.2 Å². The Balaban J connectivity index is 2.76. The van der Waals surface area contributed by atoms with Crippen LogP contribution in [0.3, 0.4) is 0 Å². The van der Waals surface area contributed by atoms with Crippen LogP contribution in [0.2, 0.25) is 0 Å². The molecule has 1 aromatic rings. The van der Waals surface area contributed by atoms with E-state index in [0.29, 0.717) is 11.3 Å². The summed E-state index contributed by atoms with van der Waals surface area (Å²) in [5, 5.41) is 0. The second kappa shape index (κ2) is 5.89. The number of rotatable bonds is 6. The highest BCUT2D eigenvalue weighted by molar-refractivity contribution is 7.93. The van der Waals surface area contributed by atoms with Gasteiger partial charge in [0, 0.05) is 18.0 Å². The van der Waals surface area contributed by atoms with Crippen LogP contribution in [0.4, 0.5) is 5.69 Å². The van der Waals surface area contributed by atoms with Gasteiger partial charge in [0.15, 0.2) is 0 Å². The molecule has 3 N–H and O–H groups in total. The Kier molecular flexibility index (Phi) is 4.94. The van der Waals surface area contributed by atoms with Gasteiger partial charge in [-0.1, -0.05) is 18.2 Å². The third-order valence-corrected chi connectivity index (χ3v) is 5.20. The van der Waals surface area contributed by atoms with Crippen molar-refractivity contribution < 1.29 is 16.8 Å². The van der Waals surface area contributed by atoms with Crippen LogP contribution in [0.25, 0.3) is 0 Å². The van der Waals surface area contributed by atoms with Crippen molar-refractivity contribution in [2.45, 2.75) is 13.0 Å². The van der Waals surface area contributed by atoms with E-state index in [2.05, 4.69) is 4.72 Å². The fourth-order valence-corrected chi connectivity index (χ4v) is 4.43. The molecule has 1 aromatic carbocycles. The fraction of sp³-hybridized carbons (Fsp3) is 0.455. The predicted molar refractivity (Wildman–Crippen MR) is 75.9 cm³/mol. The first-order valence-corrected chi connectivity index (χ1v) is 9.34. The molecule has 0 spiro atoms. The summed E-state index contributed by atoms with van der Waals surface area (Å²) >= 11 is 0. The number of hydrogen-bond acceptors (Lipinski definition) is 5. The van der Waals surface area contributed by atoms with Gasteiger partial charge in [-0.05, 0) is 18.6 Å². The molecule has 6 nitrogen and oxygen atoms in total. The lowest BCUT2D eigenvalue weighted by Crippen LogP contribution is -2.32. The Morgan fingerprint density at radius 2 is 1.74 bits per heavy atom. The van der Waals surface area contributed by atoms with E-state index in [-0.39, 0.29) is 0 Å². The van der Waals surface area contributed by atoms with E-state index in [1.165, 1.54) is 0 Å². The van der Waals surface area contributed by atoms with E-state index in [4.69, 9.17) is 5.73 Å². The van der Waals surface area contributed by atoms with Gasteiger partial charge in [-0.15, -0.1) is 0 Å². The van der Waals surface area contributed by atoms with Gasteiger partial charge in [-0.25, -0.2) is 21.6 Å². The number of sulfone groups is 1. The Labute approximate surface area is 114 Å². The molecular formula is C11H18N2O4S2. The predicted octanol–water partition coefficient (Wildman–Crippen LogP) is 0.294. The molecule has 1 unspecified atom stereocenters. The average Bonchev–Trinajstić information content (AvgIpc) is 2.25. The zero-order valence-corrected chi connectivity index (χ0v) is 12.5. The monoisotopic (exact) mass is 306 g/mol. The van der Waals surface area contributed by atoms with Gasteiger partial charge in [0.2, 0.25) is 10.0 Å². The first-order valence-electron chi connectivity index (χ1n) is 5.63. The van der Waals surface area contributed by atoms with Crippen LogP contribution in [-0.2, 0) is 19.9 Å². The third-order valence-electron chi connectivity index (χ3n) is 2.54. The summed E-state index contributed by atoms with van der Waals surface area (Å²) in [6.45, 7) is 1.66. The molecule has 0 bridgehead atoms. The van der Waals surface area contributed by atoms with Gasteiger partial charge in [0.05, 0.1) is 11.5 Å². The molecule has 0 fully saturated rings. The second-order valence-corrected chi connectivity index (χ2v) is 8.55. The van der Waals surface area contributed by atoms with Crippen molar-refractivity contribution in [1.29, 1.82) is 0 Å². The fourth-order valence-electron chi connectivity index (χ4n) is 1.56. The standard InChI is InChI=1S/C11H18N2O4S2/c1-9(10-5-3-4-6-11(10)12)13-19(16,17)8-7-18(2,14)15/h3-6,9,13H,7-8,12H2,1-2H3. The molecule has 0 aliphatic heterocycles. The maximum absolute atomic E-state index is 11.8. The van der Waals surface area contributed by atoms with E-state index >= 15 is 0 Å². The summed E-state index contributed by atoms with van der Waals surface area (Å²) in [6.07, 6.45) is 1.00. The minimum Gasteiger partial charge on any atom is -0.398 e. The van der Waals surface area contributed by atoms with Crippen LogP contribution >= 0.6 is 0 Å². The van der Waals surface area contributed by atoms with Crippen LogP contribution in [-0.4, -0.2) is 34.6 Å². The Morgan fingerprint density at radius 3 is 2.26 bits per heavy atom. The van der Waals surface area contributed by atoms with Crippen molar-refractivity contribution in [3.63, 3.8) is 0 Å². The van der Waals surface area contributed by atoms with Gasteiger partial charge in [0.1, 0.15) is 9.84 Å². The van der Waals surface area contributed by atoms with Crippen molar-refractivity contribution in [1.82, 2.24) is 4.72 Å². The van der Waals surface area contributed by atoms with Crippen LogP contribution in [0, 0.1) is 0 Å². The summed E-state index contributed by atoms with van der Waals surface area (Å²) in [7, 11) is -6.97. The Hall–Kier alpha value is -1.12. The number of nitrogens with two attached hydrogens (primary N) is 1. The van der Waals surface area contributed by atoms with Crippen LogP contribution in [0.15, 0.2) is 24.3 Å². The van der Waals surface area contributed by atoms with Crippen LogP contribution in [0.5, 0.6) is 0 Å². The largest absolute Gasteiger partial charge is 0.398 e. The number of nitrogen functional groups attached to an aromatic ring is 1. The summed E-state index contributed by atoms with van der Waals surface area (Å²) in [4.78, 5) is 0. The Morgan fingerprint density at radius 1 is 1.16 bits per heavy atom. The van der Waals surface area contributed by atoms with E-state index in [1.807, 2.05) is 0 Å². The maximum atomic E-state index is 11.8. The Bertz CT molecular complexity index is 638. The molecule has 108 valence electrons. The zero-order valence-electron chi connectivity index (χ0n) is 10.8. The lowest BCUT2D eigenvalue weighted by atomic mass is 10.1. The van der Waals surface area contributed by atoms with E-state index < -0.39 is 37.4 Å². The van der Waals surface area contributed by atoms with Crippen LogP contribution in [0.1, 0.15) is 18.5 Å². The summed E-state index contributed by atoms with van der Waals surface area (Å²) in [5.41, 5.74) is 6.90. The summed E-state index contributed by atoms with van der Waals surface area (Å²) in [5.74, 6) is -0.859. The lowest BCUT2D eigenvalue weighted by molar-refractivity contribution is 0.566. The third kappa shape index (κ3) is 5.58. The van der Waals surface area contributed by atoms with Crippen LogP contribution < -0.4 is 10.5 Å². The first kappa shape index (κ1) is 15.9. The molecule has 0 radical (unpaired) electrons. The molecule has 0 heterocycles. The molecule has 1 rings (SSSR count). The molecule has 0 aliphatic rings. The smallest absolute Gasteiger partial charge is 0.213 e.